The maximum Gasteiger partial charge on any atom is 0.324 e. The molecular weight excluding hydrogens is 226 g/mol. The highest BCUT2D eigenvalue weighted by molar-refractivity contribution is 5.68. The molecule has 3 nitrogen and oxygen atoms in total. The van der Waals surface area contributed by atoms with Gasteiger partial charge in [-0.1, -0.05) is 65.2 Å². The molecule has 0 unspecified atom stereocenters. The van der Waals surface area contributed by atoms with E-state index in [9.17, 15) is 4.79 Å². The molecule has 18 heavy (non-hydrogen) atoms. The van der Waals surface area contributed by atoms with Crippen molar-refractivity contribution in [1.82, 2.24) is 5.48 Å². The third kappa shape index (κ3) is 13.5. The van der Waals surface area contributed by atoms with Gasteiger partial charge < -0.3 is 4.84 Å². The summed E-state index contributed by atoms with van der Waals surface area (Å²) in [5.74, 6) is -0.111. The van der Waals surface area contributed by atoms with Crippen LogP contribution in [0.15, 0.2) is 0 Å². The third-order valence-corrected chi connectivity index (χ3v) is 3.05. The average Bonchev–Trinajstić information content (AvgIpc) is 2.37. The number of hydrogen-bond donors (Lipinski definition) is 1. The molecule has 0 amide bonds. The average molecular weight is 257 g/mol. The first kappa shape index (κ1) is 17.4. The number of unbranched alkanes of at least 4 members (excludes halogenated alkanes) is 8. The van der Waals surface area contributed by atoms with E-state index in [0.717, 1.165) is 25.8 Å². The Kier molecular flexibility index (Phi) is 14.0. The van der Waals surface area contributed by atoms with E-state index < -0.39 is 0 Å². The third-order valence-electron chi connectivity index (χ3n) is 3.05. The Hall–Kier alpha value is -0.570. The van der Waals surface area contributed by atoms with E-state index in [4.69, 9.17) is 4.84 Å². The van der Waals surface area contributed by atoms with Gasteiger partial charge in [0.25, 0.3) is 0 Å². The van der Waals surface area contributed by atoms with Gasteiger partial charge in [0.05, 0.1) is 0 Å². The summed E-state index contributed by atoms with van der Waals surface area (Å²) in [4.78, 5) is 16.3. The van der Waals surface area contributed by atoms with Gasteiger partial charge in [0, 0.05) is 13.0 Å². The highest BCUT2D eigenvalue weighted by Crippen LogP contribution is 2.05. The van der Waals surface area contributed by atoms with Crippen molar-refractivity contribution in [3.63, 3.8) is 0 Å². The van der Waals surface area contributed by atoms with Gasteiger partial charge in [0.2, 0.25) is 0 Å². The molecule has 3 heteroatoms. The van der Waals surface area contributed by atoms with Crippen LogP contribution in [0.25, 0.3) is 0 Å². The summed E-state index contributed by atoms with van der Waals surface area (Å²) in [6.07, 6.45) is 12.5. The van der Waals surface area contributed by atoms with Crippen LogP contribution in [-0.2, 0) is 9.63 Å². The van der Waals surface area contributed by atoms with E-state index in [1.807, 2.05) is 0 Å². The van der Waals surface area contributed by atoms with Crippen molar-refractivity contribution in [2.24, 2.45) is 0 Å². The monoisotopic (exact) mass is 257 g/mol. The number of rotatable bonds is 13. The highest BCUT2D eigenvalue weighted by atomic mass is 16.7. The lowest BCUT2D eigenvalue weighted by Crippen LogP contribution is -2.20. The lowest BCUT2D eigenvalue weighted by atomic mass is 10.1. The fourth-order valence-corrected chi connectivity index (χ4v) is 1.86. The summed E-state index contributed by atoms with van der Waals surface area (Å²) in [6, 6.07) is 0. The van der Waals surface area contributed by atoms with Crippen molar-refractivity contribution < 1.29 is 9.63 Å². The van der Waals surface area contributed by atoms with Crippen molar-refractivity contribution in [1.29, 1.82) is 0 Å². The molecule has 0 aliphatic heterocycles. The molecule has 0 aliphatic rings. The van der Waals surface area contributed by atoms with E-state index in [1.165, 1.54) is 44.9 Å². The molecular formula is C15H31NO2. The molecule has 0 saturated heterocycles. The Morgan fingerprint density at radius 3 is 2.00 bits per heavy atom. The molecule has 0 radical (unpaired) electrons. The molecule has 1 N–H and O–H groups in total. The Morgan fingerprint density at radius 2 is 1.39 bits per heavy atom. The number of hydrogen-bond acceptors (Lipinski definition) is 3. The van der Waals surface area contributed by atoms with E-state index >= 15 is 0 Å². The van der Waals surface area contributed by atoms with Crippen molar-refractivity contribution in [3.05, 3.63) is 0 Å². The molecule has 108 valence electrons. The van der Waals surface area contributed by atoms with Crippen LogP contribution >= 0.6 is 0 Å². The van der Waals surface area contributed by atoms with E-state index in [2.05, 4.69) is 19.3 Å². The predicted molar refractivity (Wildman–Crippen MR) is 76.2 cm³/mol. The molecule has 0 fully saturated rings. The maximum atomic E-state index is 11.3. The van der Waals surface area contributed by atoms with Gasteiger partial charge in [-0.2, -0.15) is 5.48 Å². The second-order valence-corrected chi connectivity index (χ2v) is 4.95. The quantitative estimate of drug-likeness (QED) is 0.393. The van der Waals surface area contributed by atoms with Gasteiger partial charge in [0.1, 0.15) is 0 Å². The van der Waals surface area contributed by atoms with Gasteiger partial charge >= 0.3 is 5.97 Å². The maximum absolute atomic E-state index is 11.3. The minimum Gasteiger partial charge on any atom is -0.371 e. The molecule has 0 saturated carbocycles. The van der Waals surface area contributed by atoms with Crippen LogP contribution in [-0.4, -0.2) is 12.5 Å². The lowest BCUT2D eigenvalue weighted by molar-refractivity contribution is -0.151. The Balaban J connectivity index is 3.12. The zero-order valence-electron chi connectivity index (χ0n) is 12.3. The molecule has 0 bridgehead atoms. The molecule has 0 aromatic carbocycles. The van der Waals surface area contributed by atoms with Crippen molar-refractivity contribution in [2.45, 2.75) is 84.5 Å². The highest BCUT2D eigenvalue weighted by Gasteiger charge is 2.02. The van der Waals surface area contributed by atoms with Crippen LogP contribution in [0.2, 0.25) is 0 Å². The Bertz CT molecular complexity index is 183. The SMILES string of the molecule is CCCCCCCNOC(=O)CCCCCCC. The largest absolute Gasteiger partial charge is 0.371 e. The van der Waals surface area contributed by atoms with Gasteiger partial charge in [-0.15, -0.1) is 0 Å². The molecule has 0 rings (SSSR count). The first-order chi connectivity index (χ1) is 8.81. The predicted octanol–water partition coefficient (Wildman–Crippen LogP) is 4.37. The fourth-order valence-electron chi connectivity index (χ4n) is 1.86. The van der Waals surface area contributed by atoms with Crippen LogP contribution in [0.1, 0.15) is 84.5 Å². The summed E-state index contributed by atoms with van der Waals surface area (Å²) >= 11 is 0. The van der Waals surface area contributed by atoms with Crippen LogP contribution in [0.5, 0.6) is 0 Å². The fraction of sp³-hybridized carbons (Fsp3) is 0.933. The van der Waals surface area contributed by atoms with E-state index in [1.54, 1.807) is 0 Å². The van der Waals surface area contributed by atoms with Crippen molar-refractivity contribution >= 4 is 5.97 Å². The standard InChI is InChI=1S/C15H31NO2/c1-3-5-7-9-11-13-15(17)18-16-14-12-10-8-6-4-2/h16H,3-14H2,1-2H3. The number of nitrogens with one attached hydrogen (secondary N) is 1. The molecule has 0 aliphatic carbocycles. The minimum absolute atomic E-state index is 0.111. The first-order valence-corrected chi connectivity index (χ1v) is 7.73. The Labute approximate surface area is 113 Å². The normalized spacial score (nSPS) is 10.6. The molecule has 0 atom stereocenters. The van der Waals surface area contributed by atoms with Crippen molar-refractivity contribution in [3.8, 4) is 0 Å². The van der Waals surface area contributed by atoms with Gasteiger partial charge in [0.15, 0.2) is 0 Å². The van der Waals surface area contributed by atoms with Gasteiger partial charge in [-0.3, -0.25) is 4.79 Å². The van der Waals surface area contributed by atoms with Crippen LogP contribution in [0.3, 0.4) is 0 Å². The summed E-state index contributed by atoms with van der Waals surface area (Å²) in [5.41, 5.74) is 2.76. The van der Waals surface area contributed by atoms with Gasteiger partial charge in [-0.25, -0.2) is 0 Å². The van der Waals surface area contributed by atoms with Crippen LogP contribution in [0.4, 0.5) is 0 Å². The molecule has 0 heterocycles. The molecule has 0 aromatic heterocycles. The smallest absolute Gasteiger partial charge is 0.324 e. The minimum atomic E-state index is -0.111. The molecule has 0 spiro atoms. The van der Waals surface area contributed by atoms with E-state index in [-0.39, 0.29) is 5.97 Å². The topological polar surface area (TPSA) is 38.3 Å². The second kappa shape index (κ2) is 14.5. The van der Waals surface area contributed by atoms with Gasteiger partial charge in [-0.05, 0) is 12.8 Å². The Morgan fingerprint density at radius 1 is 0.833 bits per heavy atom. The number of hydroxylamine groups is 1. The summed E-state index contributed by atoms with van der Waals surface area (Å²) in [7, 11) is 0. The zero-order chi connectivity index (χ0) is 13.5. The summed E-state index contributed by atoms with van der Waals surface area (Å²) in [6.45, 7) is 5.19. The molecule has 0 aromatic rings. The first-order valence-electron chi connectivity index (χ1n) is 7.73. The zero-order valence-corrected chi connectivity index (χ0v) is 12.3. The number of carbonyl (C=O) groups excluding carboxylic acids is 1. The van der Waals surface area contributed by atoms with E-state index in [0.29, 0.717) is 6.42 Å². The summed E-state index contributed by atoms with van der Waals surface area (Å²) in [5, 5.41) is 0. The lowest BCUT2D eigenvalue weighted by Gasteiger charge is -2.05. The second-order valence-electron chi connectivity index (χ2n) is 4.95. The number of carbonyl (C=O) groups is 1. The van der Waals surface area contributed by atoms with Crippen LogP contribution in [0, 0.1) is 0 Å². The van der Waals surface area contributed by atoms with Crippen molar-refractivity contribution in [2.75, 3.05) is 6.54 Å². The van der Waals surface area contributed by atoms with Crippen LogP contribution < -0.4 is 5.48 Å². The summed E-state index contributed by atoms with van der Waals surface area (Å²) < 4.78 is 0.